The molecule has 7 heteroatoms. The molecular weight excluding hydrogens is 282 g/mol. The minimum absolute atomic E-state index is 0.00794. The number of carbonyl (C=O) groups is 1. The fraction of sp³-hybridized carbons (Fsp3) is 0.467. The predicted molar refractivity (Wildman–Crippen MR) is 80.7 cm³/mol. The van der Waals surface area contributed by atoms with Crippen molar-refractivity contribution in [3.63, 3.8) is 0 Å². The number of aryl methyl sites for hydroxylation is 1. The van der Waals surface area contributed by atoms with E-state index in [0.29, 0.717) is 24.6 Å². The molecule has 0 unspecified atom stereocenters. The van der Waals surface area contributed by atoms with E-state index in [2.05, 4.69) is 20.2 Å². The monoisotopic (exact) mass is 301 g/mol. The zero-order chi connectivity index (χ0) is 15.5. The fourth-order valence-corrected chi connectivity index (χ4v) is 2.90. The summed E-state index contributed by atoms with van der Waals surface area (Å²) in [6, 6.07) is 3.80. The molecule has 3 heterocycles. The van der Waals surface area contributed by atoms with E-state index >= 15 is 0 Å². The van der Waals surface area contributed by atoms with E-state index in [-0.39, 0.29) is 17.5 Å². The molecule has 0 spiro atoms. The second-order valence-electron chi connectivity index (χ2n) is 5.49. The van der Waals surface area contributed by atoms with Gasteiger partial charge in [-0.25, -0.2) is 9.89 Å². The summed E-state index contributed by atoms with van der Waals surface area (Å²) in [6.07, 6.45) is 4.04. The van der Waals surface area contributed by atoms with Gasteiger partial charge in [0.05, 0.1) is 0 Å². The highest BCUT2D eigenvalue weighted by Crippen LogP contribution is 2.25. The van der Waals surface area contributed by atoms with Crippen molar-refractivity contribution < 1.29 is 4.79 Å². The molecule has 0 aliphatic carbocycles. The molecule has 1 fully saturated rings. The number of rotatable bonds is 3. The maximum atomic E-state index is 12.6. The number of aromatic nitrogens is 4. The first-order chi connectivity index (χ1) is 10.7. The Labute approximate surface area is 127 Å². The molecule has 0 aromatic carbocycles. The van der Waals surface area contributed by atoms with Crippen LogP contribution in [0.25, 0.3) is 0 Å². The van der Waals surface area contributed by atoms with Crippen molar-refractivity contribution in [3.05, 3.63) is 45.9 Å². The summed E-state index contributed by atoms with van der Waals surface area (Å²) >= 11 is 0. The lowest BCUT2D eigenvalue weighted by Crippen LogP contribution is -2.39. The molecule has 2 aromatic heterocycles. The molecule has 22 heavy (non-hydrogen) atoms. The molecule has 0 atom stereocenters. The van der Waals surface area contributed by atoms with E-state index in [0.717, 1.165) is 24.8 Å². The molecular formula is C15H19N5O2. The zero-order valence-corrected chi connectivity index (χ0v) is 12.5. The second-order valence-corrected chi connectivity index (χ2v) is 5.49. The maximum Gasteiger partial charge on any atom is 0.340 e. The molecule has 2 aromatic rings. The molecule has 3 rings (SSSR count). The highest BCUT2D eigenvalue weighted by atomic mass is 16.2. The van der Waals surface area contributed by atoms with Gasteiger partial charge in [0, 0.05) is 25.2 Å². The van der Waals surface area contributed by atoms with Crippen LogP contribution in [0.2, 0.25) is 0 Å². The summed E-state index contributed by atoms with van der Waals surface area (Å²) in [6.45, 7) is 3.32. The van der Waals surface area contributed by atoms with Crippen LogP contribution in [-0.4, -0.2) is 44.1 Å². The Morgan fingerprint density at radius 1 is 1.41 bits per heavy atom. The predicted octanol–water partition coefficient (Wildman–Crippen LogP) is 1.08. The maximum absolute atomic E-state index is 12.6. The summed E-state index contributed by atoms with van der Waals surface area (Å²) in [4.78, 5) is 32.5. The van der Waals surface area contributed by atoms with Gasteiger partial charge in [0.25, 0.3) is 5.91 Å². The van der Waals surface area contributed by atoms with Crippen LogP contribution in [0, 0.1) is 0 Å². The van der Waals surface area contributed by atoms with Gasteiger partial charge in [0.2, 0.25) is 0 Å². The Kier molecular flexibility index (Phi) is 4.04. The number of nitrogens with zero attached hydrogens (tertiary/aromatic N) is 3. The van der Waals surface area contributed by atoms with Gasteiger partial charge in [-0.2, -0.15) is 5.10 Å². The van der Waals surface area contributed by atoms with Crippen LogP contribution >= 0.6 is 0 Å². The number of likely N-dealkylation sites (tertiary alicyclic amines) is 1. The molecule has 0 radical (unpaired) electrons. The fourth-order valence-electron chi connectivity index (χ4n) is 2.90. The number of aromatic amines is 2. The van der Waals surface area contributed by atoms with Crippen molar-refractivity contribution in [1.82, 2.24) is 25.1 Å². The van der Waals surface area contributed by atoms with Crippen LogP contribution in [0.3, 0.4) is 0 Å². The summed E-state index contributed by atoms with van der Waals surface area (Å²) in [7, 11) is 0. The minimum Gasteiger partial charge on any atom is -0.337 e. The summed E-state index contributed by atoms with van der Waals surface area (Å²) < 4.78 is 0. The third kappa shape index (κ3) is 2.79. The molecule has 0 saturated carbocycles. The molecule has 1 aliphatic heterocycles. The van der Waals surface area contributed by atoms with E-state index in [4.69, 9.17) is 0 Å². The quantitative estimate of drug-likeness (QED) is 0.886. The first-order valence-corrected chi connectivity index (χ1v) is 7.56. The minimum atomic E-state index is -0.283. The molecule has 1 saturated heterocycles. The molecule has 1 amide bonds. The number of piperidine rings is 1. The first-order valence-electron chi connectivity index (χ1n) is 7.56. The van der Waals surface area contributed by atoms with Crippen LogP contribution in [0.5, 0.6) is 0 Å². The van der Waals surface area contributed by atoms with Gasteiger partial charge in [-0.1, -0.05) is 13.0 Å². The lowest BCUT2D eigenvalue weighted by Gasteiger charge is -2.31. The van der Waals surface area contributed by atoms with Crippen LogP contribution in [-0.2, 0) is 6.42 Å². The van der Waals surface area contributed by atoms with Crippen molar-refractivity contribution >= 4 is 5.91 Å². The second kappa shape index (κ2) is 6.13. The van der Waals surface area contributed by atoms with Crippen molar-refractivity contribution in [3.8, 4) is 0 Å². The van der Waals surface area contributed by atoms with Crippen LogP contribution < -0.4 is 5.69 Å². The Bertz CT molecular complexity index is 712. The van der Waals surface area contributed by atoms with E-state index in [1.807, 2.05) is 24.0 Å². The molecule has 2 N–H and O–H groups in total. The van der Waals surface area contributed by atoms with E-state index in [1.54, 1.807) is 6.20 Å². The number of nitrogens with one attached hydrogen (secondary N) is 2. The molecule has 7 nitrogen and oxygen atoms in total. The number of carbonyl (C=O) groups excluding carboxylic acids is 1. The summed E-state index contributed by atoms with van der Waals surface area (Å²) in [5, 5.41) is 6.38. The smallest absolute Gasteiger partial charge is 0.337 e. The largest absolute Gasteiger partial charge is 0.340 e. The third-order valence-corrected chi connectivity index (χ3v) is 4.16. The van der Waals surface area contributed by atoms with Gasteiger partial charge in [-0.15, -0.1) is 0 Å². The van der Waals surface area contributed by atoms with E-state index < -0.39 is 0 Å². The van der Waals surface area contributed by atoms with Gasteiger partial charge in [0.1, 0.15) is 11.5 Å². The van der Waals surface area contributed by atoms with Crippen LogP contribution in [0.15, 0.2) is 23.1 Å². The first kappa shape index (κ1) is 14.5. The number of hydrogen-bond donors (Lipinski definition) is 2. The number of H-pyrrole nitrogens is 2. The van der Waals surface area contributed by atoms with Gasteiger partial charge in [-0.05, 0) is 30.9 Å². The molecule has 116 valence electrons. The average Bonchev–Trinajstić information content (AvgIpc) is 3.01. The Morgan fingerprint density at radius 2 is 2.18 bits per heavy atom. The van der Waals surface area contributed by atoms with Crippen LogP contribution in [0.1, 0.15) is 47.6 Å². The van der Waals surface area contributed by atoms with E-state index in [1.165, 1.54) is 0 Å². The number of amides is 1. The Balaban J connectivity index is 1.68. The summed E-state index contributed by atoms with van der Waals surface area (Å²) in [5.74, 6) is 0.869. The van der Waals surface area contributed by atoms with Crippen molar-refractivity contribution in [2.45, 2.75) is 32.1 Å². The molecule has 0 bridgehead atoms. The topological polar surface area (TPSA) is 94.7 Å². The standard InChI is InChI=1S/C15H19N5O2/c1-2-10-4-3-7-16-12(10)14(21)20-8-5-11(6-9-20)13-17-15(22)19-18-13/h3-4,7,11H,2,5-6,8-9H2,1H3,(H2,17,18,19,22). The van der Waals surface area contributed by atoms with Gasteiger partial charge in [-0.3, -0.25) is 14.8 Å². The van der Waals surface area contributed by atoms with E-state index in [9.17, 15) is 9.59 Å². The Hall–Kier alpha value is -2.44. The Morgan fingerprint density at radius 3 is 2.82 bits per heavy atom. The van der Waals surface area contributed by atoms with Gasteiger partial charge in [0.15, 0.2) is 0 Å². The van der Waals surface area contributed by atoms with Gasteiger partial charge >= 0.3 is 5.69 Å². The number of pyridine rings is 1. The highest BCUT2D eigenvalue weighted by Gasteiger charge is 2.27. The zero-order valence-electron chi connectivity index (χ0n) is 12.5. The molecule has 1 aliphatic rings. The highest BCUT2D eigenvalue weighted by molar-refractivity contribution is 5.93. The van der Waals surface area contributed by atoms with Crippen molar-refractivity contribution in [1.29, 1.82) is 0 Å². The lowest BCUT2D eigenvalue weighted by molar-refractivity contribution is 0.0704. The summed E-state index contributed by atoms with van der Waals surface area (Å²) in [5.41, 5.74) is 1.25. The van der Waals surface area contributed by atoms with Crippen molar-refractivity contribution in [2.75, 3.05) is 13.1 Å². The van der Waals surface area contributed by atoms with Gasteiger partial charge < -0.3 is 4.90 Å². The lowest BCUT2D eigenvalue weighted by atomic mass is 9.95. The average molecular weight is 301 g/mol. The third-order valence-electron chi connectivity index (χ3n) is 4.16. The SMILES string of the molecule is CCc1cccnc1C(=O)N1CCC(c2n[nH]c(=O)[nH]2)CC1. The van der Waals surface area contributed by atoms with Crippen LogP contribution in [0.4, 0.5) is 0 Å². The normalized spacial score (nSPS) is 16.0. The van der Waals surface area contributed by atoms with Crippen molar-refractivity contribution in [2.24, 2.45) is 0 Å². The number of hydrogen-bond acceptors (Lipinski definition) is 4.